The minimum absolute atomic E-state index is 0.0672. The zero-order chi connectivity index (χ0) is 15.6. The first-order chi connectivity index (χ1) is 9.88. The van der Waals surface area contributed by atoms with Gasteiger partial charge < -0.3 is 10.6 Å². The van der Waals surface area contributed by atoms with Gasteiger partial charge in [0.1, 0.15) is 4.99 Å². The van der Waals surface area contributed by atoms with E-state index in [0.717, 1.165) is 21.3 Å². The number of aryl methyl sites for hydroxylation is 1. The van der Waals surface area contributed by atoms with Crippen molar-refractivity contribution >= 4 is 44.7 Å². The van der Waals surface area contributed by atoms with Crippen LogP contribution in [-0.4, -0.2) is 17.9 Å². The van der Waals surface area contributed by atoms with Gasteiger partial charge in [0.25, 0.3) is 5.91 Å². The minimum atomic E-state index is -0.0672. The molecule has 0 aliphatic rings. The van der Waals surface area contributed by atoms with Crippen molar-refractivity contribution in [2.24, 2.45) is 5.73 Å². The van der Waals surface area contributed by atoms with Crippen molar-refractivity contribution in [3.63, 3.8) is 0 Å². The van der Waals surface area contributed by atoms with Gasteiger partial charge in [-0.15, -0.1) is 0 Å². The van der Waals surface area contributed by atoms with Crippen molar-refractivity contribution in [2.45, 2.75) is 6.92 Å². The smallest absolute Gasteiger partial charge is 0.258 e. The summed E-state index contributed by atoms with van der Waals surface area (Å²) in [6.07, 6.45) is 0. The third kappa shape index (κ3) is 3.68. The Hall–Kier alpha value is -1.72. The number of rotatable bonds is 3. The van der Waals surface area contributed by atoms with Crippen LogP contribution in [-0.2, 0) is 0 Å². The molecule has 0 bridgehead atoms. The maximum absolute atomic E-state index is 12.5. The fourth-order valence-electron chi connectivity index (χ4n) is 2.02. The molecule has 3 nitrogen and oxygen atoms in total. The predicted octanol–water partition coefficient (Wildman–Crippen LogP) is 3.67. The number of nitrogens with zero attached hydrogens (tertiary/aromatic N) is 1. The van der Waals surface area contributed by atoms with E-state index in [2.05, 4.69) is 15.9 Å². The molecule has 0 spiro atoms. The van der Waals surface area contributed by atoms with Gasteiger partial charge in [0.05, 0.1) is 0 Å². The summed E-state index contributed by atoms with van der Waals surface area (Å²) in [7, 11) is 1.74. The van der Waals surface area contributed by atoms with E-state index in [9.17, 15) is 4.79 Å². The number of thiocarbonyl (C=S) groups is 1. The van der Waals surface area contributed by atoms with Crippen LogP contribution in [0.4, 0.5) is 5.69 Å². The van der Waals surface area contributed by atoms with Crippen LogP contribution in [0.2, 0.25) is 0 Å². The van der Waals surface area contributed by atoms with Crippen molar-refractivity contribution in [1.82, 2.24) is 0 Å². The molecule has 0 aliphatic carbocycles. The summed E-state index contributed by atoms with van der Waals surface area (Å²) in [6, 6.07) is 12.9. The molecule has 0 saturated carbocycles. The molecule has 108 valence electrons. The molecule has 0 fully saturated rings. The molecule has 2 N–H and O–H groups in total. The van der Waals surface area contributed by atoms with Crippen LogP contribution in [0.5, 0.6) is 0 Å². The lowest BCUT2D eigenvalue weighted by Gasteiger charge is -2.18. The molecule has 1 amide bonds. The molecule has 5 heteroatoms. The molecule has 0 aromatic heterocycles. The van der Waals surface area contributed by atoms with E-state index in [0.29, 0.717) is 10.6 Å². The standard InChI is InChI=1S/C16H15BrN2OS/c1-10-7-12(9-13(17)8-10)16(20)19(2)14-5-3-11(4-6-14)15(18)21/h3-9H,1-2H3,(H2,18,21). The summed E-state index contributed by atoms with van der Waals surface area (Å²) in [6.45, 7) is 1.96. The normalized spacial score (nSPS) is 10.2. The van der Waals surface area contributed by atoms with E-state index in [1.165, 1.54) is 0 Å². The summed E-state index contributed by atoms with van der Waals surface area (Å²) in [4.78, 5) is 14.5. The number of amides is 1. The van der Waals surface area contributed by atoms with Gasteiger partial charge in [0.2, 0.25) is 0 Å². The maximum Gasteiger partial charge on any atom is 0.258 e. The Labute approximate surface area is 137 Å². The predicted molar refractivity (Wildman–Crippen MR) is 93.9 cm³/mol. The number of hydrogen-bond donors (Lipinski definition) is 1. The maximum atomic E-state index is 12.5. The largest absolute Gasteiger partial charge is 0.389 e. The zero-order valence-electron chi connectivity index (χ0n) is 11.8. The Kier molecular flexibility index (Phi) is 4.75. The highest BCUT2D eigenvalue weighted by Gasteiger charge is 2.14. The number of benzene rings is 2. The SMILES string of the molecule is Cc1cc(Br)cc(C(=O)N(C)c2ccc(C(N)=S)cc2)c1. The Balaban J connectivity index is 2.28. The molecule has 0 atom stereocenters. The van der Waals surface area contributed by atoms with Crippen molar-refractivity contribution in [1.29, 1.82) is 0 Å². The summed E-state index contributed by atoms with van der Waals surface area (Å²) < 4.78 is 0.892. The number of halogens is 1. The molecule has 21 heavy (non-hydrogen) atoms. The van der Waals surface area contributed by atoms with E-state index < -0.39 is 0 Å². The molecular weight excluding hydrogens is 348 g/mol. The first-order valence-corrected chi connectivity index (χ1v) is 7.53. The Bertz CT molecular complexity index is 678. The molecule has 0 unspecified atom stereocenters. The highest BCUT2D eigenvalue weighted by atomic mass is 79.9. The molecule has 0 heterocycles. The van der Waals surface area contributed by atoms with Crippen LogP contribution < -0.4 is 10.6 Å². The molecule has 0 radical (unpaired) electrons. The number of hydrogen-bond acceptors (Lipinski definition) is 2. The summed E-state index contributed by atoms with van der Waals surface area (Å²) >= 11 is 8.33. The Morgan fingerprint density at radius 2 is 1.76 bits per heavy atom. The number of anilines is 1. The topological polar surface area (TPSA) is 46.3 Å². The minimum Gasteiger partial charge on any atom is -0.389 e. The van der Waals surface area contributed by atoms with Gasteiger partial charge in [-0.2, -0.15) is 0 Å². The van der Waals surface area contributed by atoms with Crippen molar-refractivity contribution in [3.8, 4) is 0 Å². The van der Waals surface area contributed by atoms with Gasteiger partial charge in [-0.3, -0.25) is 4.79 Å². The van der Waals surface area contributed by atoms with Gasteiger partial charge in [0, 0.05) is 28.3 Å². The van der Waals surface area contributed by atoms with Crippen molar-refractivity contribution in [2.75, 3.05) is 11.9 Å². The van der Waals surface area contributed by atoms with Gasteiger partial charge in [-0.1, -0.05) is 28.1 Å². The quantitative estimate of drug-likeness (QED) is 0.847. The van der Waals surface area contributed by atoms with Crippen LogP contribution in [0.1, 0.15) is 21.5 Å². The molecule has 0 saturated heterocycles. The second-order valence-corrected chi connectivity index (χ2v) is 6.15. The second-order valence-electron chi connectivity index (χ2n) is 4.79. The summed E-state index contributed by atoms with van der Waals surface area (Å²) in [5.41, 5.74) is 8.82. The lowest BCUT2D eigenvalue weighted by atomic mass is 10.1. The lowest BCUT2D eigenvalue weighted by Crippen LogP contribution is -2.26. The highest BCUT2D eigenvalue weighted by molar-refractivity contribution is 9.10. The summed E-state index contributed by atoms with van der Waals surface area (Å²) in [5.74, 6) is -0.0672. The van der Waals surface area contributed by atoms with Gasteiger partial charge in [-0.05, 0) is 55.0 Å². The molecule has 2 aromatic rings. The number of carbonyl (C=O) groups is 1. The fraction of sp³-hybridized carbons (Fsp3) is 0.125. The molecule has 0 aliphatic heterocycles. The lowest BCUT2D eigenvalue weighted by molar-refractivity contribution is 0.0993. The average molecular weight is 363 g/mol. The van der Waals surface area contributed by atoms with Crippen LogP contribution in [0.3, 0.4) is 0 Å². The van der Waals surface area contributed by atoms with Crippen LogP contribution in [0.25, 0.3) is 0 Å². The van der Waals surface area contributed by atoms with E-state index in [1.807, 2.05) is 49.4 Å². The Morgan fingerprint density at radius 3 is 2.29 bits per heavy atom. The van der Waals surface area contributed by atoms with E-state index in [1.54, 1.807) is 11.9 Å². The van der Waals surface area contributed by atoms with Crippen LogP contribution >= 0.6 is 28.1 Å². The van der Waals surface area contributed by atoms with Crippen molar-refractivity contribution in [3.05, 3.63) is 63.6 Å². The van der Waals surface area contributed by atoms with E-state index in [4.69, 9.17) is 18.0 Å². The zero-order valence-corrected chi connectivity index (χ0v) is 14.2. The van der Waals surface area contributed by atoms with Gasteiger partial charge in [0.15, 0.2) is 0 Å². The van der Waals surface area contributed by atoms with Gasteiger partial charge in [-0.25, -0.2) is 0 Å². The Morgan fingerprint density at radius 1 is 1.14 bits per heavy atom. The first-order valence-electron chi connectivity index (χ1n) is 6.33. The highest BCUT2D eigenvalue weighted by Crippen LogP contribution is 2.20. The third-order valence-electron chi connectivity index (χ3n) is 3.13. The van der Waals surface area contributed by atoms with Crippen LogP contribution in [0.15, 0.2) is 46.9 Å². The van der Waals surface area contributed by atoms with E-state index in [-0.39, 0.29) is 5.91 Å². The van der Waals surface area contributed by atoms with Gasteiger partial charge >= 0.3 is 0 Å². The van der Waals surface area contributed by atoms with E-state index >= 15 is 0 Å². The first kappa shape index (κ1) is 15.7. The molecule has 2 aromatic carbocycles. The second kappa shape index (κ2) is 6.37. The average Bonchev–Trinajstić information content (AvgIpc) is 2.44. The number of nitrogens with two attached hydrogens (primary N) is 1. The summed E-state index contributed by atoms with van der Waals surface area (Å²) in [5, 5.41) is 0. The van der Waals surface area contributed by atoms with Crippen LogP contribution in [0, 0.1) is 6.92 Å². The third-order valence-corrected chi connectivity index (χ3v) is 3.83. The number of carbonyl (C=O) groups excluding carboxylic acids is 1. The van der Waals surface area contributed by atoms with Crippen molar-refractivity contribution < 1.29 is 4.79 Å². The monoisotopic (exact) mass is 362 g/mol. The fourth-order valence-corrected chi connectivity index (χ4v) is 2.76. The molecular formula is C16H15BrN2OS. The molecule has 2 rings (SSSR count).